The summed E-state index contributed by atoms with van der Waals surface area (Å²) in [6.45, 7) is 4.07. The fourth-order valence-electron chi connectivity index (χ4n) is 1.70. The predicted octanol–water partition coefficient (Wildman–Crippen LogP) is 1.78. The van der Waals surface area contributed by atoms with E-state index in [1.54, 1.807) is 13.8 Å². The van der Waals surface area contributed by atoms with Gasteiger partial charge in [0.2, 0.25) is 0 Å². The third-order valence-corrected chi connectivity index (χ3v) is 2.77. The van der Waals surface area contributed by atoms with Gasteiger partial charge in [0.05, 0.1) is 6.61 Å². The Morgan fingerprint density at radius 3 is 2.47 bits per heavy atom. The van der Waals surface area contributed by atoms with Gasteiger partial charge in [0, 0.05) is 13.6 Å². The summed E-state index contributed by atoms with van der Waals surface area (Å²) < 4.78 is 4.96. The van der Waals surface area contributed by atoms with Crippen molar-refractivity contribution in [3.05, 3.63) is 35.9 Å². The number of urea groups is 1. The van der Waals surface area contributed by atoms with Crippen LogP contribution in [-0.2, 0) is 16.1 Å². The van der Waals surface area contributed by atoms with E-state index in [0.29, 0.717) is 13.2 Å². The molecule has 0 spiro atoms. The molecule has 0 fully saturated rings. The summed E-state index contributed by atoms with van der Waals surface area (Å²) in [5.74, 6) is -0.401. The van der Waals surface area contributed by atoms with E-state index in [9.17, 15) is 9.59 Å². The first-order chi connectivity index (χ1) is 9.10. The van der Waals surface area contributed by atoms with Crippen molar-refractivity contribution in [2.75, 3.05) is 13.7 Å². The highest BCUT2D eigenvalue weighted by atomic mass is 16.5. The Morgan fingerprint density at radius 2 is 1.95 bits per heavy atom. The van der Waals surface area contributed by atoms with Gasteiger partial charge in [0.25, 0.3) is 0 Å². The van der Waals surface area contributed by atoms with E-state index in [2.05, 4.69) is 5.32 Å². The molecular weight excluding hydrogens is 244 g/mol. The molecule has 1 aromatic rings. The number of nitrogens with one attached hydrogen (secondary N) is 1. The molecule has 1 unspecified atom stereocenters. The van der Waals surface area contributed by atoms with Crippen LogP contribution < -0.4 is 5.32 Å². The lowest BCUT2D eigenvalue weighted by Gasteiger charge is -2.27. The average molecular weight is 264 g/mol. The van der Waals surface area contributed by atoms with Gasteiger partial charge in [-0.25, -0.2) is 9.59 Å². The van der Waals surface area contributed by atoms with Crippen LogP contribution in [0.5, 0.6) is 0 Å². The molecule has 19 heavy (non-hydrogen) atoms. The first kappa shape index (κ1) is 15.0. The zero-order chi connectivity index (χ0) is 14.3. The standard InChI is InChI=1S/C14H20N2O3/c1-4-19-13(17)11(2)16(14(18)15-3)10-12-8-6-5-7-9-12/h5-9,11H,4,10H2,1-3H3,(H,15,18). The predicted molar refractivity (Wildman–Crippen MR) is 72.5 cm³/mol. The molecule has 0 saturated carbocycles. The summed E-state index contributed by atoms with van der Waals surface area (Å²) in [6.07, 6.45) is 0. The van der Waals surface area contributed by atoms with Gasteiger partial charge < -0.3 is 15.0 Å². The van der Waals surface area contributed by atoms with Crippen LogP contribution in [0, 0.1) is 0 Å². The number of ether oxygens (including phenoxy) is 1. The zero-order valence-electron chi connectivity index (χ0n) is 11.6. The molecule has 2 amide bonds. The van der Waals surface area contributed by atoms with Crippen molar-refractivity contribution >= 4 is 12.0 Å². The molecule has 0 aliphatic rings. The third-order valence-electron chi connectivity index (χ3n) is 2.77. The third kappa shape index (κ3) is 4.28. The Bertz CT molecular complexity index is 420. The fourth-order valence-corrected chi connectivity index (χ4v) is 1.70. The number of carbonyl (C=O) groups is 2. The Balaban J connectivity index is 2.83. The molecule has 0 saturated heterocycles. The van der Waals surface area contributed by atoms with Crippen molar-refractivity contribution in [1.82, 2.24) is 10.2 Å². The van der Waals surface area contributed by atoms with Crippen molar-refractivity contribution < 1.29 is 14.3 Å². The lowest BCUT2D eigenvalue weighted by Crippen LogP contribution is -2.47. The second kappa shape index (κ2) is 7.41. The zero-order valence-corrected chi connectivity index (χ0v) is 11.6. The van der Waals surface area contributed by atoms with Crippen molar-refractivity contribution in [1.29, 1.82) is 0 Å². The van der Waals surface area contributed by atoms with Gasteiger partial charge in [0.1, 0.15) is 6.04 Å². The van der Waals surface area contributed by atoms with E-state index < -0.39 is 12.0 Å². The Labute approximate surface area is 113 Å². The lowest BCUT2D eigenvalue weighted by molar-refractivity contribution is -0.148. The number of esters is 1. The topological polar surface area (TPSA) is 58.6 Å². The van der Waals surface area contributed by atoms with E-state index in [-0.39, 0.29) is 6.03 Å². The number of nitrogens with zero attached hydrogens (tertiary/aromatic N) is 1. The van der Waals surface area contributed by atoms with Crippen LogP contribution in [0.3, 0.4) is 0 Å². The molecule has 1 aromatic carbocycles. The van der Waals surface area contributed by atoms with Gasteiger partial charge in [-0.1, -0.05) is 30.3 Å². The van der Waals surface area contributed by atoms with Crippen LogP contribution in [0.25, 0.3) is 0 Å². The van der Waals surface area contributed by atoms with Crippen LogP contribution in [-0.4, -0.2) is 36.6 Å². The van der Waals surface area contributed by atoms with Crippen molar-refractivity contribution in [3.8, 4) is 0 Å². The Morgan fingerprint density at radius 1 is 1.32 bits per heavy atom. The molecule has 1 rings (SSSR count). The van der Waals surface area contributed by atoms with Crippen LogP contribution in [0.2, 0.25) is 0 Å². The van der Waals surface area contributed by atoms with E-state index >= 15 is 0 Å². The maximum atomic E-state index is 11.9. The lowest BCUT2D eigenvalue weighted by atomic mass is 10.2. The van der Waals surface area contributed by atoms with E-state index in [0.717, 1.165) is 5.56 Å². The highest BCUT2D eigenvalue weighted by Crippen LogP contribution is 2.10. The monoisotopic (exact) mass is 264 g/mol. The number of hydrogen-bond donors (Lipinski definition) is 1. The van der Waals surface area contributed by atoms with Gasteiger partial charge in [-0.3, -0.25) is 0 Å². The minimum atomic E-state index is -0.625. The minimum Gasteiger partial charge on any atom is -0.464 e. The number of rotatable bonds is 5. The summed E-state index contributed by atoms with van der Waals surface area (Å²) >= 11 is 0. The highest BCUT2D eigenvalue weighted by molar-refractivity contribution is 5.83. The molecular formula is C14H20N2O3. The number of benzene rings is 1. The summed E-state index contributed by atoms with van der Waals surface area (Å²) in [5, 5.41) is 2.54. The van der Waals surface area contributed by atoms with Crippen LogP contribution in [0.15, 0.2) is 30.3 Å². The molecule has 0 radical (unpaired) electrons. The Hall–Kier alpha value is -2.04. The summed E-state index contributed by atoms with van der Waals surface area (Å²) in [6, 6.07) is 8.59. The Kier molecular flexibility index (Phi) is 5.85. The normalized spacial score (nSPS) is 11.5. The van der Waals surface area contributed by atoms with Crippen LogP contribution >= 0.6 is 0 Å². The molecule has 1 atom stereocenters. The van der Waals surface area contributed by atoms with Gasteiger partial charge >= 0.3 is 12.0 Å². The molecule has 5 nitrogen and oxygen atoms in total. The second-order valence-electron chi connectivity index (χ2n) is 4.10. The van der Waals surface area contributed by atoms with E-state index in [1.807, 2.05) is 30.3 Å². The molecule has 0 aliphatic carbocycles. The van der Waals surface area contributed by atoms with Crippen LogP contribution in [0.4, 0.5) is 4.79 Å². The van der Waals surface area contributed by atoms with Gasteiger partial charge in [-0.2, -0.15) is 0 Å². The largest absolute Gasteiger partial charge is 0.464 e. The molecule has 0 aliphatic heterocycles. The molecule has 1 N–H and O–H groups in total. The summed E-state index contributed by atoms with van der Waals surface area (Å²) in [7, 11) is 1.54. The summed E-state index contributed by atoms with van der Waals surface area (Å²) in [4.78, 5) is 25.1. The smallest absolute Gasteiger partial charge is 0.328 e. The summed E-state index contributed by atoms with van der Waals surface area (Å²) in [5.41, 5.74) is 0.960. The number of amides is 2. The second-order valence-corrected chi connectivity index (χ2v) is 4.10. The van der Waals surface area contributed by atoms with E-state index in [1.165, 1.54) is 11.9 Å². The quantitative estimate of drug-likeness (QED) is 0.825. The van der Waals surface area contributed by atoms with Gasteiger partial charge in [-0.15, -0.1) is 0 Å². The molecule has 5 heteroatoms. The van der Waals surface area contributed by atoms with Crippen molar-refractivity contribution in [2.24, 2.45) is 0 Å². The number of carbonyl (C=O) groups excluding carboxylic acids is 2. The molecule has 0 heterocycles. The molecule has 0 aromatic heterocycles. The van der Waals surface area contributed by atoms with Gasteiger partial charge in [-0.05, 0) is 19.4 Å². The maximum Gasteiger partial charge on any atom is 0.328 e. The highest BCUT2D eigenvalue weighted by Gasteiger charge is 2.26. The first-order valence-electron chi connectivity index (χ1n) is 6.29. The first-order valence-corrected chi connectivity index (χ1v) is 6.29. The van der Waals surface area contributed by atoms with Crippen molar-refractivity contribution in [2.45, 2.75) is 26.4 Å². The molecule has 0 bridgehead atoms. The van der Waals surface area contributed by atoms with Crippen LogP contribution in [0.1, 0.15) is 19.4 Å². The maximum absolute atomic E-state index is 11.9. The molecule has 104 valence electrons. The van der Waals surface area contributed by atoms with E-state index in [4.69, 9.17) is 4.74 Å². The fraction of sp³-hybridized carbons (Fsp3) is 0.429. The average Bonchev–Trinajstić information content (AvgIpc) is 2.44. The minimum absolute atomic E-state index is 0.301. The van der Waals surface area contributed by atoms with Gasteiger partial charge in [0.15, 0.2) is 0 Å². The SMILES string of the molecule is CCOC(=O)C(C)N(Cc1ccccc1)C(=O)NC. The van der Waals surface area contributed by atoms with Crippen molar-refractivity contribution in [3.63, 3.8) is 0 Å². The number of hydrogen-bond acceptors (Lipinski definition) is 3.